The van der Waals surface area contributed by atoms with Gasteiger partial charge in [-0.2, -0.15) is 0 Å². The van der Waals surface area contributed by atoms with E-state index in [4.69, 9.17) is 19.9 Å². The van der Waals surface area contributed by atoms with Gasteiger partial charge >= 0.3 is 0 Å². The highest BCUT2D eigenvalue weighted by atomic mass is 16.5. The van der Waals surface area contributed by atoms with Crippen molar-refractivity contribution >= 4 is 0 Å². The highest BCUT2D eigenvalue weighted by Gasteiger charge is 2.12. The third-order valence-electron chi connectivity index (χ3n) is 3.45. The zero-order valence-corrected chi connectivity index (χ0v) is 13.2. The monoisotopic (exact) mass is 301 g/mol. The number of benzene rings is 2. The fourth-order valence-electron chi connectivity index (χ4n) is 2.26. The van der Waals surface area contributed by atoms with Gasteiger partial charge in [0.05, 0.1) is 14.2 Å². The van der Waals surface area contributed by atoms with Gasteiger partial charge in [0, 0.05) is 6.07 Å². The first-order chi connectivity index (χ1) is 10.8. The SMILES string of the molecule is COc1cc(CCCN)c(OCc2ccccc2)cc1OC. The van der Waals surface area contributed by atoms with Gasteiger partial charge in [0.1, 0.15) is 12.4 Å². The van der Waals surface area contributed by atoms with E-state index in [9.17, 15) is 0 Å². The zero-order chi connectivity index (χ0) is 15.8. The van der Waals surface area contributed by atoms with Crippen molar-refractivity contribution in [2.45, 2.75) is 19.4 Å². The molecular formula is C18H23NO3. The summed E-state index contributed by atoms with van der Waals surface area (Å²) in [7, 11) is 3.26. The molecular weight excluding hydrogens is 278 g/mol. The van der Waals surface area contributed by atoms with Crippen molar-refractivity contribution in [3.63, 3.8) is 0 Å². The van der Waals surface area contributed by atoms with Gasteiger partial charge in [-0.25, -0.2) is 0 Å². The molecule has 0 radical (unpaired) electrons. The van der Waals surface area contributed by atoms with Crippen molar-refractivity contribution in [2.75, 3.05) is 20.8 Å². The first kappa shape index (κ1) is 16.2. The van der Waals surface area contributed by atoms with Crippen molar-refractivity contribution in [1.82, 2.24) is 0 Å². The summed E-state index contributed by atoms with van der Waals surface area (Å²) < 4.78 is 16.7. The summed E-state index contributed by atoms with van der Waals surface area (Å²) in [6.45, 7) is 1.17. The quantitative estimate of drug-likeness (QED) is 0.813. The van der Waals surface area contributed by atoms with Crippen molar-refractivity contribution in [3.05, 3.63) is 53.6 Å². The number of hydrogen-bond acceptors (Lipinski definition) is 4. The van der Waals surface area contributed by atoms with Crippen LogP contribution in [-0.2, 0) is 13.0 Å². The molecule has 0 bridgehead atoms. The Morgan fingerprint density at radius 1 is 0.909 bits per heavy atom. The molecule has 118 valence electrons. The maximum atomic E-state index is 5.99. The van der Waals surface area contributed by atoms with Crippen LogP contribution in [0.2, 0.25) is 0 Å². The number of ether oxygens (including phenoxy) is 3. The Hall–Kier alpha value is -2.20. The van der Waals surface area contributed by atoms with E-state index in [1.165, 1.54) is 0 Å². The van der Waals surface area contributed by atoms with Crippen LogP contribution in [0.4, 0.5) is 0 Å². The molecule has 0 aliphatic carbocycles. The lowest BCUT2D eigenvalue weighted by atomic mass is 10.1. The van der Waals surface area contributed by atoms with E-state index in [0.29, 0.717) is 24.7 Å². The number of aryl methyl sites for hydroxylation is 1. The summed E-state index contributed by atoms with van der Waals surface area (Å²) in [4.78, 5) is 0. The van der Waals surface area contributed by atoms with Crippen LogP contribution in [0.25, 0.3) is 0 Å². The second-order valence-corrected chi connectivity index (χ2v) is 4.98. The van der Waals surface area contributed by atoms with Gasteiger partial charge in [-0.3, -0.25) is 0 Å². The highest BCUT2D eigenvalue weighted by molar-refractivity contribution is 5.50. The first-order valence-corrected chi connectivity index (χ1v) is 7.40. The lowest BCUT2D eigenvalue weighted by molar-refractivity contribution is 0.296. The minimum absolute atomic E-state index is 0.520. The summed E-state index contributed by atoms with van der Waals surface area (Å²) in [5.41, 5.74) is 7.83. The van der Waals surface area contributed by atoms with Gasteiger partial charge in [-0.05, 0) is 36.6 Å². The maximum Gasteiger partial charge on any atom is 0.164 e. The van der Waals surface area contributed by atoms with E-state index < -0.39 is 0 Å². The van der Waals surface area contributed by atoms with Gasteiger partial charge in [0.2, 0.25) is 0 Å². The average molecular weight is 301 g/mol. The van der Waals surface area contributed by atoms with E-state index >= 15 is 0 Å². The zero-order valence-electron chi connectivity index (χ0n) is 13.2. The van der Waals surface area contributed by atoms with Crippen LogP contribution in [0.15, 0.2) is 42.5 Å². The standard InChI is InChI=1S/C18H23NO3/c1-20-17-11-15(9-6-10-19)16(12-18(17)21-2)22-13-14-7-4-3-5-8-14/h3-5,7-8,11-12H,6,9-10,13,19H2,1-2H3. The third kappa shape index (κ3) is 4.15. The Morgan fingerprint density at radius 2 is 1.59 bits per heavy atom. The van der Waals surface area contributed by atoms with Gasteiger partial charge in [0.25, 0.3) is 0 Å². The number of rotatable bonds is 8. The predicted octanol–water partition coefficient (Wildman–Crippen LogP) is 3.17. The number of nitrogens with two attached hydrogens (primary N) is 1. The van der Waals surface area contributed by atoms with Crippen molar-refractivity contribution in [2.24, 2.45) is 5.73 Å². The molecule has 22 heavy (non-hydrogen) atoms. The molecule has 4 heteroatoms. The topological polar surface area (TPSA) is 53.7 Å². The van der Waals surface area contributed by atoms with Gasteiger partial charge in [-0.1, -0.05) is 30.3 Å². The van der Waals surface area contributed by atoms with E-state index in [0.717, 1.165) is 29.7 Å². The molecule has 2 N–H and O–H groups in total. The normalized spacial score (nSPS) is 10.3. The fraction of sp³-hybridized carbons (Fsp3) is 0.333. The lowest BCUT2D eigenvalue weighted by Gasteiger charge is -2.16. The summed E-state index contributed by atoms with van der Waals surface area (Å²) in [6.07, 6.45) is 1.75. The molecule has 0 aliphatic heterocycles. The minimum Gasteiger partial charge on any atom is -0.493 e. The number of hydrogen-bond donors (Lipinski definition) is 1. The average Bonchev–Trinajstić information content (AvgIpc) is 2.58. The summed E-state index contributed by atoms with van der Waals surface area (Å²) >= 11 is 0. The van der Waals surface area contributed by atoms with Crippen LogP contribution in [-0.4, -0.2) is 20.8 Å². The lowest BCUT2D eigenvalue weighted by Crippen LogP contribution is -2.04. The van der Waals surface area contributed by atoms with Gasteiger partial charge in [-0.15, -0.1) is 0 Å². The third-order valence-corrected chi connectivity index (χ3v) is 3.45. The Balaban J connectivity index is 2.22. The molecule has 0 atom stereocenters. The molecule has 0 aliphatic rings. The molecule has 4 nitrogen and oxygen atoms in total. The smallest absolute Gasteiger partial charge is 0.164 e. The Kier molecular flexibility index (Phi) is 6.10. The Bertz CT molecular complexity index is 584. The molecule has 0 aromatic heterocycles. The fourth-order valence-corrected chi connectivity index (χ4v) is 2.26. The molecule has 2 aromatic carbocycles. The van der Waals surface area contributed by atoms with Crippen molar-refractivity contribution in [1.29, 1.82) is 0 Å². The van der Waals surface area contributed by atoms with Gasteiger partial charge in [0.15, 0.2) is 11.5 Å². The largest absolute Gasteiger partial charge is 0.493 e. The maximum absolute atomic E-state index is 5.99. The minimum atomic E-state index is 0.520. The molecule has 2 aromatic rings. The summed E-state index contributed by atoms with van der Waals surface area (Å²) in [5.74, 6) is 2.19. The van der Waals surface area contributed by atoms with Crippen LogP contribution < -0.4 is 19.9 Å². The van der Waals surface area contributed by atoms with E-state index in [1.807, 2.05) is 42.5 Å². The highest BCUT2D eigenvalue weighted by Crippen LogP contribution is 2.35. The Morgan fingerprint density at radius 3 is 2.23 bits per heavy atom. The summed E-state index contributed by atoms with van der Waals surface area (Å²) in [5, 5.41) is 0. The van der Waals surface area contributed by atoms with Crippen LogP contribution in [0.5, 0.6) is 17.2 Å². The molecule has 0 saturated carbocycles. The molecule has 0 fully saturated rings. The van der Waals surface area contributed by atoms with E-state index in [2.05, 4.69) is 0 Å². The van der Waals surface area contributed by atoms with Crippen LogP contribution in [0.1, 0.15) is 17.5 Å². The van der Waals surface area contributed by atoms with Crippen LogP contribution >= 0.6 is 0 Å². The molecule has 2 rings (SSSR count). The van der Waals surface area contributed by atoms with Crippen molar-refractivity contribution < 1.29 is 14.2 Å². The molecule has 0 amide bonds. The van der Waals surface area contributed by atoms with E-state index in [-0.39, 0.29) is 0 Å². The van der Waals surface area contributed by atoms with Crippen LogP contribution in [0, 0.1) is 0 Å². The molecule has 0 spiro atoms. The molecule has 0 saturated heterocycles. The van der Waals surface area contributed by atoms with Gasteiger partial charge < -0.3 is 19.9 Å². The summed E-state index contributed by atoms with van der Waals surface area (Å²) in [6, 6.07) is 13.9. The van der Waals surface area contributed by atoms with Crippen molar-refractivity contribution in [3.8, 4) is 17.2 Å². The van der Waals surface area contributed by atoms with Crippen LogP contribution in [0.3, 0.4) is 0 Å². The number of methoxy groups -OCH3 is 2. The molecule has 0 unspecified atom stereocenters. The van der Waals surface area contributed by atoms with E-state index in [1.54, 1.807) is 14.2 Å². The molecule has 0 heterocycles. The Labute approximate surface area is 131 Å². The predicted molar refractivity (Wildman–Crippen MR) is 87.7 cm³/mol. The second-order valence-electron chi connectivity index (χ2n) is 4.98. The second kappa shape index (κ2) is 8.29. The first-order valence-electron chi connectivity index (χ1n) is 7.40.